The molecule has 1 fully saturated rings. The Morgan fingerprint density at radius 1 is 1.00 bits per heavy atom. The Balaban J connectivity index is 1.30. The molecular weight excluding hydrogens is 422 g/mol. The predicted molar refractivity (Wildman–Crippen MR) is 134 cm³/mol. The predicted octanol–water partition coefficient (Wildman–Crippen LogP) is 5.54. The molecule has 1 saturated heterocycles. The van der Waals surface area contributed by atoms with Crippen molar-refractivity contribution in [3.8, 4) is 11.5 Å². The minimum absolute atomic E-state index is 0.210. The van der Waals surface area contributed by atoms with Gasteiger partial charge in [0.2, 0.25) is 5.72 Å². The number of hydrazone groups is 1. The summed E-state index contributed by atoms with van der Waals surface area (Å²) in [5, 5.41) is 7.52. The summed E-state index contributed by atoms with van der Waals surface area (Å²) in [5.41, 5.74) is 5.76. The van der Waals surface area contributed by atoms with Crippen molar-refractivity contribution >= 4 is 5.71 Å². The molecule has 174 valence electrons. The van der Waals surface area contributed by atoms with Gasteiger partial charge in [-0.1, -0.05) is 48.0 Å². The van der Waals surface area contributed by atoms with E-state index < -0.39 is 5.72 Å². The fourth-order valence-corrected chi connectivity index (χ4v) is 5.59. The van der Waals surface area contributed by atoms with Crippen LogP contribution in [-0.2, 0) is 6.54 Å². The van der Waals surface area contributed by atoms with Crippen molar-refractivity contribution in [1.82, 2.24) is 9.91 Å². The first-order valence-electron chi connectivity index (χ1n) is 12.2. The van der Waals surface area contributed by atoms with Gasteiger partial charge in [-0.3, -0.25) is 4.90 Å². The second-order valence-electron chi connectivity index (χ2n) is 9.69. The minimum atomic E-state index is -0.395. The average Bonchev–Trinajstić information content (AvgIpc) is 3.34. The van der Waals surface area contributed by atoms with Crippen LogP contribution in [0.4, 0.5) is 0 Å². The molecule has 3 aromatic carbocycles. The molecule has 0 amide bonds. The number of nitrogens with zero attached hydrogens (tertiary/aromatic N) is 3. The molecule has 0 unspecified atom stereocenters. The first kappa shape index (κ1) is 21.2. The summed E-state index contributed by atoms with van der Waals surface area (Å²) in [4.78, 5) is 2.54. The molecule has 1 atom stereocenters. The molecule has 34 heavy (non-hydrogen) atoms. The lowest BCUT2D eigenvalue weighted by molar-refractivity contribution is -0.150. The van der Waals surface area contributed by atoms with Gasteiger partial charge in [0.15, 0.2) is 0 Å². The van der Waals surface area contributed by atoms with Gasteiger partial charge in [-0.2, -0.15) is 5.10 Å². The summed E-state index contributed by atoms with van der Waals surface area (Å²) in [6, 6.07) is 25.8. The van der Waals surface area contributed by atoms with Gasteiger partial charge in [-0.15, -0.1) is 0 Å². The molecule has 0 aliphatic carbocycles. The van der Waals surface area contributed by atoms with Gasteiger partial charge in [0, 0.05) is 44.5 Å². The molecule has 3 aliphatic heterocycles. The third-order valence-electron chi connectivity index (χ3n) is 7.46. The van der Waals surface area contributed by atoms with Crippen LogP contribution in [0.2, 0.25) is 0 Å². The van der Waals surface area contributed by atoms with E-state index in [0.29, 0.717) is 0 Å². The van der Waals surface area contributed by atoms with Gasteiger partial charge in [0.25, 0.3) is 0 Å². The van der Waals surface area contributed by atoms with Gasteiger partial charge >= 0.3 is 0 Å². The molecule has 0 radical (unpaired) electrons. The Morgan fingerprint density at radius 2 is 1.76 bits per heavy atom. The zero-order valence-corrected chi connectivity index (χ0v) is 19.9. The Morgan fingerprint density at radius 3 is 2.50 bits per heavy atom. The second-order valence-corrected chi connectivity index (χ2v) is 9.69. The van der Waals surface area contributed by atoms with Crippen LogP contribution in [0.3, 0.4) is 0 Å². The average molecular weight is 454 g/mol. The highest BCUT2D eigenvalue weighted by atomic mass is 16.5. The Bertz CT molecular complexity index is 1200. The summed E-state index contributed by atoms with van der Waals surface area (Å²) in [6.45, 7) is 5.12. The quantitative estimate of drug-likeness (QED) is 0.520. The van der Waals surface area contributed by atoms with Gasteiger partial charge in [-0.25, -0.2) is 5.01 Å². The van der Waals surface area contributed by atoms with Crippen molar-refractivity contribution in [3.05, 3.63) is 95.1 Å². The largest absolute Gasteiger partial charge is 0.497 e. The number of benzene rings is 3. The van der Waals surface area contributed by atoms with E-state index >= 15 is 0 Å². The van der Waals surface area contributed by atoms with Crippen LogP contribution in [0.5, 0.6) is 11.5 Å². The zero-order chi connectivity index (χ0) is 23.1. The van der Waals surface area contributed by atoms with Crippen molar-refractivity contribution in [1.29, 1.82) is 0 Å². The number of hydrogen-bond acceptors (Lipinski definition) is 5. The summed E-state index contributed by atoms with van der Waals surface area (Å²) in [7, 11) is 1.70. The van der Waals surface area contributed by atoms with E-state index in [2.05, 4.69) is 77.5 Å². The van der Waals surface area contributed by atoms with Crippen LogP contribution in [0, 0.1) is 6.92 Å². The van der Waals surface area contributed by atoms with Crippen LogP contribution in [0.25, 0.3) is 0 Å². The van der Waals surface area contributed by atoms with Gasteiger partial charge in [-0.05, 0) is 48.4 Å². The third kappa shape index (κ3) is 3.74. The van der Waals surface area contributed by atoms with E-state index in [1.807, 2.05) is 12.1 Å². The SMILES string of the molecule is COc1ccc(C2=NN3[C@H](C2)c2cc(C)ccc2OC32CCN(Cc3ccccc3)CC2)cc1. The standard InChI is InChI=1S/C29H31N3O2/c1-21-8-13-28-25(18-21)27-19-26(23-9-11-24(33-2)12-10-23)30-32(27)29(34-28)14-16-31(17-15-29)20-22-6-4-3-5-7-22/h3-13,18,27H,14-17,19-20H2,1-2H3/t27-/m1/s1. The van der Waals surface area contributed by atoms with Gasteiger partial charge in [0.1, 0.15) is 11.5 Å². The van der Waals surface area contributed by atoms with Crippen molar-refractivity contribution in [3.63, 3.8) is 0 Å². The molecule has 6 rings (SSSR count). The molecule has 3 aliphatic rings. The van der Waals surface area contributed by atoms with Crippen LogP contribution in [0.15, 0.2) is 77.9 Å². The van der Waals surface area contributed by atoms with E-state index in [-0.39, 0.29) is 6.04 Å². The van der Waals surface area contributed by atoms with Crippen LogP contribution < -0.4 is 9.47 Å². The Kier molecular flexibility index (Phi) is 5.30. The Hall–Kier alpha value is -3.31. The van der Waals surface area contributed by atoms with E-state index in [0.717, 1.165) is 61.7 Å². The highest BCUT2D eigenvalue weighted by Crippen LogP contribution is 2.50. The number of fused-ring (bicyclic) bond motifs is 4. The molecule has 3 heterocycles. The van der Waals surface area contributed by atoms with Crippen LogP contribution in [0.1, 0.15) is 47.6 Å². The maximum Gasteiger partial charge on any atom is 0.200 e. The summed E-state index contributed by atoms with van der Waals surface area (Å²) in [5.74, 6) is 1.89. The number of ether oxygens (including phenoxy) is 2. The molecule has 0 aromatic heterocycles. The van der Waals surface area contributed by atoms with Gasteiger partial charge < -0.3 is 9.47 Å². The van der Waals surface area contributed by atoms with Crippen LogP contribution >= 0.6 is 0 Å². The molecule has 5 heteroatoms. The fraction of sp³-hybridized carbons (Fsp3) is 0.345. The van der Waals surface area contributed by atoms with Crippen molar-refractivity contribution < 1.29 is 9.47 Å². The number of aryl methyl sites for hydroxylation is 1. The monoisotopic (exact) mass is 453 g/mol. The molecule has 3 aromatic rings. The number of methoxy groups -OCH3 is 1. The Labute approximate surface area is 201 Å². The topological polar surface area (TPSA) is 37.3 Å². The highest BCUT2D eigenvalue weighted by molar-refractivity contribution is 6.02. The molecule has 0 saturated carbocycles. The zero-order valence-electron chi connectivity index (χ0n) is 19.9. The molecular formula is C29H31N3O2. The van der Waals surface area contributed by atoms with E-state index in [1.54, 1.807) is 7.11 Å². The summed E-state index contributed by atoms with van der Waals surface area (Å²) in [6.07, 6.45) is 2.76. The number of likely N-dealkylation sites (tertiary alicyclic amines) is 1. The number of hydrogen-bond donors (Lipinski definition) is 0. The highest BCUT2D eigenvalue weighted by Gasteiger charge is 2.51. The molecule has 0 bridgehead atoms. The fourth-order valence-electron chi connectivity index (χ4n) is 5.59. The third-order valence-corrected chi connectivity index (χ3v) is 7.46. The first-order valence-corrected chi connectivity index (χ1v) is 12.2. The minimum Gasteiger partial charge on any atom is -0.497 e. The first-order chi connectivity index (χ1) is 16.6. The lowest BCUT2D eigenvalue weighted by atomic mass is 9.90. The number of piperidine rings is 1. The van der Waals surface area contributed by atoms with Crippen molar-refractivity contribution in [2.45, 2.75) is 44.5 Å². The molecule has 5 nitrogen and oxygen atoms in total. The van der Waals surface area contributed by atoms with E-state index in [9.17, 15) is 0 Å². The van der Waals surface area contributed by atoms with E-state index in [4.69, 9.17) is 14.6 Å². The van der Waals surface area contributed by atoms with Gasteiger partial charge in [0.05, 0.1) is 18.9 Å². The summed E-state index contributed by atoms with van der Waals surface area (Å²) < 4.78 is 12.2. The van der Waals surface area contributed by atoms with E-state index in [1.165, 1.54) is 16.7 Å². The number of rotatable bonds is 4. The maximum absolute atomic E-state index is 6.82. The van der Waals surface area contributed by atoms with Crippen molar-refractivity contribution in [2.24, 2.45) is 5.10 Å². The maximum atomic E-state index is 6.82. The summed E-state index contributed by atoms with van der Waals surface area (Å²) >= 11 is 0. The van der Waals surface area contributed by atoms with Crippen molar-refractivity contribution in [2.75, 3.05) is 20.2 Å². The smallest absolute Gasteiger partial charge is 0.200 e. The normalized spacial score (nSPS) is 20.9. The molecule has 1 spiro atoms. The molecule has 0 N–H and O–H groups in total. The van der Waals surface area contributed by atoms with Crippen LogP contribution in [-0.4, -0.2) is 41.5 Å². The lowest BCUT2D eigenvalue weighted by Crippen LogP contribution is -2.59. The second kappa shape index (κ2) is 8.48. The lowest BCUT2D eigenvalue weighted by Gasteiger charge is -2.51.